The number of hydrogen-bond donors (Lipinski definition) is 0. The van der Waals surface area contributed by atoms with Gasteiger partial charge in [-0.15, -0.1) is 0 Å². The van der Waals surface area contributed by atoms with Crippen LogP contribution in [0.5, 0.6) is 5.75 Å². The molecule has 1 heterocycles. The minimum atomic E-state index is -0.525. The smallest absolute Gasteiger partial charge is 0.153 e. The van der Waals surface area contributed by atoms with Crippen molar-refractivity contribution in [3.63, 3.8) is 0 Å². The van der Waals surface area contributed by atoms with Crippen LogP contribution in [0, 0.1) is 11.6 Å². The Balaban J connectivity index is 2.12. The second-order valence-electron chi connectivity index (χ2n) is 4.63. The molecule has 0 bridgehead atoms. The molecule has 2 nitrogen and oxygen atoms in total. The van der Waals surface area contributed by atoms with Crippen LogP contribution in [0.15, 0.2) is 12.1 Å². The second-order valence-corrected chi connectivity index (χ2v) is 4.63. The van der Waals surface area contributed by atoms with Crippen LogP contribution in [0.2, 0.25) is 0 Å². The van der Waals surface area contributed by atoms with Gasteiger partial charge >= 0.3 is 0 Å². The van der Waals surface area contributed by atoms with Gasteiger partial charge in [0.2, 0.25) is 0 Å². The van der Waals surface area contributed by atoms with Gasteiger partial charge in [-0.25, -0.2) is 8.78 Å². The number of rotatable bonds is 5. The van der Waals surface area contributed by atoms with E-state index in [0.717, 1.165) is 38.8 Å². The van der Waals surface area contributed by atoms with E-state index >= 15 is 0 Å². The van der Waals surface area contributed by atoms with Gasteiger partial charge in [0.15, 0.2) is 11.6 Å². The number of ether oxygens (including phenoxy) is 1. The monoisotopic (exact) mass is 255 g/mol. The second kappa shape index (κ2) is 6.03. The Kier molecular flexibility index (Phi) is 4.39. The summed E-state index contributed by atoms with van der Waals surface area (Å²) in [4.78, 5) is 1.76. The van der Waals surface area contributed by atoms with Gasteiger partial charge in [-0.05, 0) is 19.3 Å². The number of anilines is 1. The molecule has 1 saturated heterocycles. The van der Waals surface area contributed by atoms with Crippen LogP contribution in [0.1, 0.15) is 32.6 Å². The lowest BCUT2D eigenvalue weighted by molar-refractivity contribution is 0.306. The van der Waals surface area contributed by atoms with E-state index in [1.807, 2.05) is 6.92 Å². The first kappa shape index (κ1) is 13.1. The van der Waals surface area contributed by atoms with Crippen LogP contribution in [-0.4, -0.2) is 19.7 Å². The summed E-state index contributed by atoms with van der Waals surface area (Å²) in [7, 11) is 0. The third-order valence-electron chi connectivity index (χ3n) is 3.18. The fourth-order valence-electron chi connectivity index (χ4n) is 2.20. The van der Waals surface area contributed by atoms with E-state index in [0.29, 0.717) is 6.61 Å². The number of benzene rings is 1. The highest BCUT2D eigenvalue weighted by molar-refractivity contribution is 5.52. The lowest BCUT2D eigenvalue weighted by Gasteiger charge is -2.19. The molecule has 1 aromatic rings. The average molecular weight is 255 g/mol. The summed E-state index contributed by atoms with van der Waals surface area (Å²) in [5.41, 5.74) is 0.0929. The van der Waals surface area contributed by atoms with E-state index in [1.54, 1.807) is 4.90 Å². The van der Waals surface area contributed by atoms with E-state index in [2.05, 4.69) is 0 Å². The third kappa shape index (κ3) is 2.92. The van der Waals surface area contributed by atoms with Crippen molar-refractivity contribution in [2.24, 2.45) is 0 Å². The highest BCUT2D eigenvalue weighted by atomic mass is 19.1. The highest BCUT2D eigenvalue weighted by Gasteiger charge is 2.21. The molecule has 0 N–H and O–H groups in total. The molecule has 0 saturated carbocycles. The van der Waals surface area contributed by atoms with Crippen LogP contribution in [0.4, 0.5) is 14.5 Å². The van der Waals surface area contributed by atoms with Crippen molar-refractivity contribution in [3.8, 4) is 5.75 Å². The molecule has 18 heavy (non-hydrogen) atoms. The molecule has 1 aromatic carbocycles. The highest BCUT2D eigenvalue weighted by Crippen LogP contribution is 2.30. The molecule has 0 aliphatic carbocycles. The first-order valence-corrected chi connectivity index (χ1v) is 6.59. The molecular formula is C14H19F2NO. The molecule has 0 amide bonds. The summed E-state index contributed by atoms with van der Waals surface area (Å²) in [6, 6.07) is 2.57. The van der Waals surface area contributed by atoms with Crippen LogP contribution in [-0.2, 0) is 0 Å². The van der Waals surface area contributed by atoms with Crippen molar-refractivity contribution in [2.45, 2.75) is 32.6 Å². The fraction of sp³-hybridized carbons (Fsp3) is 0.571. The first-order valence-electron chi connectivity index (χ1n) is 6.59. The zero-order valence-electron chi connectivity index (χ0n) is 10.7. The Morgan fingerprint density at radius 2 is 1.78 bits per heavy atom. The minimum Gasteiger partial charge on any atom is -0.493 e. The maximum atomic E-state index is 13.9. The summed E-state index contributed by atoms with van der Waals surface area (Å²) in [5.74, 6) is -0.770. The van der Waals surface area contributed by atoms with E-state index in [-0.39, 0.29) is 11.4 Å². The number of unbranched alkanes of at least 4 members (excludes halogenated alkanes) is 1. The van der Waals surface area contributed by atoms with Crippen molar-refractivity contribution in [3.05, 3.63) is 23.8 Å². The molecular weight excluding hydrogens is 236 g/mol. The molecule has 0 aromatic heterocycles. The van der Waals surface area contributed by atoms with Gasteiger partial charge in [0, 0.05) is 25.2 Å². The maximum Gasteiger partial charge on any atom is 0.153 e. The first-order chi connectivity index (χ1) is 8.72. The molecule has 100 valence electrons. The molecule has 1 aliphatic heterocycles. The molecule has 0 spiro atoms. The lowest BCUT2D eigenvalue weighted by Crippen LogP contribution is -2.20. The van der Waals surface area contributed by atoms with Crippen molar-refractivity contribution in [2.75, 3.05) is 24.6 Å². The van der Waals surface area contributed by atoms with E-state index in [4.69, 9.17) is 4.74 Å². The molecule has 1 aliphatic rings. The Labute approximate surface area is 107 Å². The average Bonchev–Trinajstić information content (AvgIpc) is 2.82. The molecule has 4 heteroatoms. The largest absolute Gasteiger partial charge is 0.493 e. The Bertz CT molecular complexity index is 380. The fourth-order valence-corrected chi connectivity index (χ4v) is 2.20. The third-order valence-corrected chi connectivity index (χ3v) is 3.18. The van der Waals surface area contributed by atoms with Gasteiger partial charge in [-0.1, -0.05) is 13.3 Å². The molecule has 0 unspecified atom stereocenters. The van der Waals surface area contributed by atoms with Crippen molar-refractivity contribution < 1.29 is 13.5 Å². The number of halogens is 2. The van der Waals surface area contributed by atoms with Crippen molar-refractivity contribution >= 4 is 5.69 Å². The van der Waals surface area contributed by atoms with Crippen molar-refractivity contribution in [1.29, 1.82) is 0 Å². The molecule has 0 atom stereocenters. The minimum absolute atomic E-state index is 0.0929. The predicted octanol–water partition coefficient (Wildman–Crippen LogP) is 3.74. The van der Waals surface area contributed by atoms with Crippen LogP contribution < -0.4 is 9.64 Å². The number of hydrogen-bond acceptors (Lipinski definition) is 2. The SMILES string of the molecule is CCCCOc1cc(F)c(N2CCCC2)c(F)c1. The van der Waals surface area contributed by atoms with Gasteiger partial charge < -0.3 is 9.64 Å². The normalized spacial score (nSPS) is 15.2. The quantitative estimate of drug-likeness (QED) is 0.743. The molecule has 0 radical (unpaired) electrons. The Hall–Kier alpha value is -1.32. The summed E-state index contributed by atoms with van der Waals surface area (Å²) in [6.07, 6.45) is 3.87. The Morgan fingerprint density at radius 1 is 1.17 bits per heavy atom. The van der Waals surface area contributed by atoms with E-state index < -0.39 is 11.6 Å². The molecule has 1 fully saturated rings. The summed E-state index contributed by atoms with van der Waals surface area (Å²) < 4.78 is 33.1. The number of nitrogens with zero attached hydrogens (tertiary/aromatic N) is 1. The van der Waals surface area contributed by atoms with Crippen molar-refractivity contribution in [1.82, 2.24) is 0 Å². The van der Waals surface area contributed by atoms with Gasteiger partial charge in [0.05, 0.1) is 6.61 Å². The van der Waals surface area contributed by atoms with E-state index in [1.165, 1.54) is 12.1 Å². The van der Waals surface area contributed by atoms with Crippen LogP contribution >= 0.6 is 0 Å². The van der Waals surface area contributed by atoms with Gasteiger partial charge in [-0.3, -0.25) is 0 Å². The van der Waals surface area contributed by atoms with Crippen LogP contribution in [0.3, 0.4) is 0 Å². The summed E-state index contributed by atoms with van der Waals surface area (Å²) in [5, 5.41) is 0. The van der Waals surface area contributed by atoms with E-state index in [9.17, 15) is 8.78 Å². The topological polar surface area (TPSA) is 12.5 Å². The molecule has 2 rings (SSSR count). The Morgan fingerprint density at radius 3 is 2.33 bits per heavy atom. The summed E-state index contributed by atoms with van der Waals surface area (Å²) in [6.45, 7) is 3.99. The zero-order chi connectivity index (χ0) is 13.0. The van der Waals surface area contributed by atoms with Gasteiger partial charge in [-0.2, -0.15) is 0 Å². The standard InChI is InChI=1S/C14H19F2NO/c1-2-3-8-18-11-9-12(15)14(13(16)10-11)17-6-4-5-7-17/h9-10H,2-8H2,1H3. The van der Waals surface area contributed by atoms with Crippen LogP contribution in [0.25, 0.3) is 0 Å². The maximum absolute atomic E-state index is 13.9. The zero-order valence-corrected chi connectivity index (χ0v) is 10.7. The van der Waals surface area contributed by atoms with Gasteiger partial charge in [0.25, 0.3) is 0 Å². The predicted molar refractivity (Wildman–Crippen MR) is 68.2 cm³/mol. The lowest BCUT2D eigenvalue weighted by atomic mass is 10.2. The van der Waals surface area contributed by atoms with Gasteiger partial charge in [0.1, 0.15) is 11.4 Å². The summed E-state index contributed by atoms with van der Waals surface area (Å²) >= 11 is 0.